The number of nitrogens with one attached hydrogen (secondary N) is 1. The van der Waals surface area contributed by atoms with Crippen molar-refractivity contribution < 1.29 is 9.67 Å². The summed E-state index contributed by atoms with van der Waals surface area (Å²) in [5.74, 6) is 0.752. The predicted molar refractivity (Wildman–Crippen MR) is 84.7 cm³/mol. The lowest BCUT2D eigenvalue weighted by Gasteiger charge is -2.06. The van der Waals surface area contributed by atoms with Crippen molar-refractivity contribution >= 4 is 34.2 Å². The van der Waals surface area contributed by atoms with Gasteiger partial charge in [0.1, 0.15) is 6.54 Å². The van der Waals surface area contributed by atoms with Crippen LogP contribution in [0.5, 0.6) is 0 Å². The van der Waals surface area contributed by atoms with E-state index in [0.717, 1.165) is 22.4 Å². The van der Waals surface area contributed by atoms with Gasteiger partial charge in [-0.25, -0.2) is 9.55 Å². The van der Waals surface area contributed by atoms with Gasteiger partial charge in [0.15, 0.2) is 17.1 Å². The molecule has 3 rings (SSSR count). The first-order chi connectivity index (χ1) is 10.1. The van der Waals surface area contributed by atoms with Crippen molar-refractivity contribution in [1.82, 2.24) is 4.98 Å². The molecule has 0 fully saturated rings. The van der Waals surface area contributed by atoms with Gasteiger partial charge in [0.25, 0.3) is 5.82 Å². The van der Waals surface area contributed by atoms with Crippen LogP contribution in [0.25, 0.3) is 11.0 Å². The van der Waals surface area contributed by atoms with Crippen molar-refractivity contribution in [3.05, 3.63) is 63.9 Å². The van der Waals surface area contributed by atoms with E-state index in [2.05, 4.69) is 4.98 Å². The average Bonchev–Trinajstić information content (AvgIpc) is 2.81. The third-order valence-electron chi connectivity index (χ3n) is 3.49. The molecule has 0 saturated heterocycles. The first kappa shape index (κ1) is 14.4. The highest BCUT2D eigenvalue weighted by molar-refractivity contribution is 6.35. The highest BCUT2D eigenvalue weighted by Crippen LogP contribution is 2.22. The van der Waals surface area contributed by atoms with E-state index >= 15 is 0 Å². The van der Waals surface area contributed by atoms with E-state index in [4.69, 9.17) is 23.2 Å². The van der Waals surface area contributed by atoms with E-state index in [1.807, 2.05) is 41.0 Å². The van der Waals surface area contributed by atoms with E-state index in [1.54, 1.807) is 13.0 Å². The molecule has 2 N–H and O–H groups in total. The van der Waals surface area contributed by atoms with E-state index in [9.17, 15) is 5.11 Å². The largest absolute Gasteiger partial charge is 0.381 e. The topological polar surface area (TPSA) is 39.9 Å². The van der Waals surface area contributed by atoms with Crippen LogP contribution in [0.2, 0.25) is 10.0 Å². The normalized spacial score (nSPS) is 12.8. The highest BCUT2D eigenvalue weighted by Gasteiger charge is 2.22. The van der Waals surface area contributed by atoms with Crippen LogP contribution in [0.4, 0.5) is 0 Å². The quantitative estimate of drug-likeness (QED) is 0.706. The van der Waals surface area contributed by atoms with Gasteiger partial charge in [0.05, 0.1) is 0 Å². The van der Waals surface area contributed by atoms with Gasteiger partial charge in [-0.3, -0.25) is 0 Å². The Labute approximate surface area is 132 Å². The zero-order valence-electron chi connectivity index (χ0n) is 11.5. The van der Waals surface area contributed by atoms with Crippen LogP contribution in [-0.2, 0) is 6.54 Å². The summed E-state index contributed by atoms with van der Waals surface area (Å²) in [5.41, 5.74) is 2.97. The summed E-state index contributed by atoms with van der Waals surface area (Å²) in [5, 5.41) is 11.2. The number of hydrogen-bond donors (Lipinski definition) is 2. The Morgan fingerprint density at radius 2 is 1.95 bits per heavy atom. The fourth-order valence-corrected chi connectivity index (χ4v) is 2.94. The summed E-state index contributed by atoms with van der Waals surface area (Å²) in [6, 6.07) is 13.4. The number of aromatic amines is 1. The number of para-hydroxylation sites is 2. The van der Waals surface area contributed by atoms with Gasteiger partial charge in [-0.05, 0) is 31.2 Å². The van der Waals surface area contributed by atoms with Crippen LogP contribution in [-0.4, -0.2) is 10.1 Å². The van der Waals surface area contributed by atoms with Crippen LogP contribution >= 0.6 is 23.2 Å². The maximum absolute atomic E-state index is 9.99. The highest BCUT2D eigenvalue weighted by atomic mass is 35.5. The van der Waals surface area contributed by atoms with Gasteiger partial charge in [-0.2, -0.15) is 0 Å². The summed E-state index contributed by atoms with van der Waals surface area (Å²) in [6.07, 6.45) is -0.594. The number of rotatable bonds is 3. The number of halogens is 2. The van der Waals surface area contributed by atoms with E-state index in [1.165, 1.54) is 0 Å². The molecule has 1 heterocycles. The molecule has 0 aliphatic heterocycles. The zero-order valence-corrected chi connectivity index (χ0v) is 13.0. The lowest BCUT2D eigenvalue weighted by molar-refractivity contribution is -0.673. The molecule has 0 saturated carbocycles. The van der Waals surface area contributed by atoms with E-state index < -0.39 is 6.10 Å². The summed E-state index contributed by atoms with van der Waals surface area (Å²) in [6.45, 7) is 2.31. The van der Waals surface area contributed by atoms with Crippen molar-refractivity contribution in [2.75, 3.05) is 0 Å². The van der Waals surface area contributed by atoms with Crippen LogP contribution < -0.4 is 4.57 Å². The number of nitrogens with zero attached hydrogens (tertiary/aromatic N) is 1. The molecule has 3 aromatic rings. The number of H-pyrrole nitrogens is 1. The number of aromatic nitrogens is 2. The third kappa shape index (κ3) is 2.77. The SMILES string of the molecule is CC(O)c1[nH]c2ccccc2[n+]1Cc1ccc(Cl)cc1Cl. The second-order valence-electron chi connectivity index (χ2n) is 5.03. The fourth-order valence-electron chi connectivity index (χ4n) is 2.47. The van der Waals surface area contributed by atoms with E-state index in [-0.39, 0.29) is 0 Å². The zero-order chi connectivity index (χ0) is 15.0. The summed E-state index contributed by atoms with van der Waals surface area (Å²) in [4.78, 5) is 3.26. The Morgan fingerprint density at radius 3 is 2.67 bits per heavy atom. The van der Waals surface area contributed by atoms with Crippen molar-refractivity contribution in [3.63, 3.8) is 0 Å². The molecule has 0 aliphatic rings. The Kier molecular flexibility index (Phi) is 3.89. The minimum atomic E-state index is -0.594. The fraction of sp³-hybridized carbons (Fsp3) is 0.188. The average molecular weight is 322 g/mol. The smallest absolute Gasteiger partial charge is 0.284 e. The number of aliphatic hydroxyl groups excluding tert-OH is 1. The Bertz CT molecular complexity index is 796. The number of fused-ring (bicyclic) bond motifs is 1. The van der Waals surface area contributed by atoms with Crippen LogP contribution in [0.3, 0.4) is 0 Å². The Hall–Kier alpha value is -1.55. The van der Waals surface area contributed by atoms with Gasteiger partial charge in [-0.15, -0.1) is 0 Å². The van der Waals surface area contributed by atoms with Crippen molar-refractivity contribution in [1.29, 1.82) is 0 Å². The lowest BCUT2D eigenvalue weighted by atomic mass is 10.2. The molecule has 3 nitrogen and oxygen atoms in total. The van der Waals surface area contributed by atoms with E-state index in [0.29, 0.717) is 16.6 Å². The van der Waals surface area contributed by atoms with Crippen LogP contribution in [0.15, 0.2) is 42.5 Å². The molecule has 0 radical (unpaired) electrons. The van der Waals surface area contributed by atoms with Crippen molar-refractivity contribution in [2.45, 2.75) is 19.6 Å². The standard InChI is InChI=1S/C16H14Cl2N2O/c1-10(21)16-19-14-4-2-3-5-15(14)20(16)9-11-6-7-12(17)8-13(11)18/h2-8,10,21H,9H2,1H3/p+1. The first-order valence-corrected chi connectivity index (χ1v) is 7.44. The maximum atomic E-state index is 9.99. The summed E-state index contributed by atoms with van der Waals surface area (Å²) < 4.78 is 2.04. The van der Waals surface area contributed by atoms with Gasteiger partial charge < -0.3 is 5.11 Å². The number of imidazole rings is 1. The summed E-state index contributed by atoms with van der Waals surface area (Å²) >= 11 is 12.2. The predicted octanol–water partition coefficient (Wildman–Crippen LogP) is 3.86. The molecule has 1 unspecified atom stereocenters. The molecule has 108 valence electrons. The third-order valence-corrected chi connectivity index (χ3v) is 4.07. The molecule has 1 aromatic heterocycles. The minimum absolute atomic E-state index is 0.570. The first-order valence-electron chi connectivity index (χ1n) is 6.68. The molecule has 2 aromatic carbocycles. The Balaban J connectivity index is 2.12. The second-order valence-corrected chi connectivity index (χ2v) is 5.87. The number of aliphatic hydroxyl groups is 1. The molecular weight excluding hydrogens is 307 g/mol. The van der Waals surface area contributed by atoms with Crippen LogP contribution in [0.1, 0.15) is 24.4 Å². The van der Waals surface area contributed by atoms with Crippen molar-refractivity contribution in [3.8, 4) is 0 Å². The molecule has 0 spiro atoms. The second kappa shape index (κ2) is 5.68. The maximum Gasteiger partial charge on any atom is 0.284 e. The lowest BCUT2D eigenvalue weighted by Crippen LogP contribution is -2.38. The van der Waals surface area contributed by atoms with Crippen molar-refractivity contribution in [2.24, 2.45) is 0 Å². The Morgan fingerprint density at radius 1 is 1.19 bits per heavy atom. The molecule has 5 heteroatoms. The molecule has 21 heavy (non-hydrogen) atoms. The van der Waals surface area contributed by atoms with Gasteiger partial charge in [0.2, 0.25) is 0 Å². The molecular formula is C16H15Cl2N2O+. The molecule has 0 aliphatic carbocycles. The van der Waals surface area contributed by atoms with Gasteiger partial charge in [0, 0.05) is 15.6 Å². The number of hydrogen-bond acceptors (Lipinski definition) is 1. The van der Waals surface area contributed by atoms with Crippen LogP contribution in [0, 0.1) is 0 Å². The summed E-state index contributed by atoms with van der Waals surface area (Å²) in [7, 11) is 0. The van der Waals surface area contributed by atoms with Gasteiger partial charge in [-0.1, -0.05) is 41.4 Å². The van der Waals surface area contributed by atoms with Gasteiger partial charge >= 0.3 is 0 Å². The molecule has 0 bridgehead atoms. The monoisotopic (exact) mass is 321 g/mol. The molecule has 0 amide bonds. The minimum Gasteiger partial charge on any atom is -0.381 e. The number of benzene rings is 2. The molecule has 1 atom stereocenters.